The summed E-state index contributed by atoms with van der Waals surface area (Å²) in [7, 11) is 0. The zero-order valence-electron chi connectivity index (χ0n) is 14.1. The van der Waals surface area contributed by atoms with Crippen LogP contribution in [0.1, 0.15) is 52.7 Å². The van der Waals surface area contributed by atoms with Gasteiger partial charge in [-0.25, -0.2) is 0 Å². The Morgan fingerprint density at radius 3 is 2.76 bits per heavy atom. The summed E-state index contributed by atoms with van der Waals surface area (Å²) in [6.07, 6.45) is 5.85. The zero-order chi connectivity index (χ0) is 15.3. The highest BCUT2D eigenvalue weighted by Crippen LogP contribution is 2.38. The van der Waals surface area contributed by atoms with E-state index in [-0.39, 0.29) is 0 Å². The predicted octanol–water partition coefficient (Wildman–Crippen LogP) is 3.46. The topological polar surface area (TPSA) is 28.2 Å². The lowest BCUT2D eigenvalue weighted by atomic mass is 9.70. The Labute approximate surface area is 130 Å². The van der Waals surface area contributed by atoms with E-state index in [0.29, 0.717) is 17.5 Å². The molecule has 1 aromatic rings. The van der Waals surface area contributed by atoms with Crippen LogP contribution in [0.2, 0.25) is 0 Å². The molecule has 3 nitrogen and oxygen atoms in total. The second-order valence-electron chi connectivity index (χ2n) is 6.87. The summed E-state index contributed by atoms with van der Waals surface area (Å²) in [5.41, 5.74) is 1.55. The van der Waals surface area contributed by atoms with Crippen molar-refractivity contribution in [3.8, 4) is 0 Å². The van der Waals surface area contributed by atoms with Gasteiger partial charge in [-0.3, -0.25) is 9.88 Å². The molecule has 0 bridgehead atoms. The molecule has 2 atom stereocenters. The maximum absolute atomic E-state index is 4.51. The van der Waals surface area contributed by atoms with Crippen molar-refractivity contribution in [2.75, 3.05) is 13.1 Å². The molecule has 1 aliphatic carbocycles. The molecule has 1 saturated carbocycles. The minimum Gasteiger partial charge on any atom is -0.312 e. The van der Waals surface area contributed by atoms with Crippen molar-refractivity contribution in [1.29, 1.82) is 0 Å². The minimum absolute atomic E-state index is 0.371. The molecule has 118 valence electrons. The summed E-state index contributed by atoms with van der Waals surface area (Å²) >= 11 is 0. The summed E-state index contributed by atoms with van der Waals surface area (Å²) in [5, 5.41) is 3.76. The molecule has 0 aliphatic heterocycles. The van der Waals surface area contributed by atoms with E-state index in [9.17, 15) is 0 Å². The van der Waals surface area contributed by atoms with E-state index >= 15 is 0 Å². The number of likely N-dealkylation sites (N-methyl/N-ethyl adjacent to an activating group) is 2. The standard InChI is InChI=1S/C18H31N3/c1-5-19-17-16(11-9-12-18(17,3)4)21(6-2)14-15-10-7-8-13-20-15/h7-8,10,13,16-17,19H,5-6,9,11-12,14H2,1-4H3. The highest BCUT2D eigenvalue weighted by atomic mass is 15.2. The van der Waals surface area contributed by atoms with Crippen molar-refractivity contribution in [3.63, 3.8) is 0 Å². The summed E-state index contributed by atoms with van der Waals surface area (Å²) in [6.45, 7) is 12.4. The number of hydrogen-bond acceptors (Lipinski definition) is 3. The van der Waals surface area contributed by atoms with Gasteiger partial charge in [0.2, 0.25) is 0 Å². The number of nitrogens with zero attached hydrogens (tertiary/aromatic N) is 2. The van der Waals surface area contributed by atoms with Crippen LogP contribution in [0.5, 0.6) is 0 Å². The molecule has 0 aromatic carbocycles. The van der Waals surface area contributed by atoms with Crippen LogP contribution in [0, 0.1) is 5.41 Å². The highest BCUT2D eigenvalue weighted by Gasteiger charge is 2.40. The van der Waals surface area contributed by atoms with Crippen LogP contribution in [0.15, 0.2) is 24.4 Å². The Hall–Kier alpha value is -0.930. The Morgan fingerprint density at radius 2 is 2.14 bits per heavy atom. The van der Waals surface area contributed by atoms with Crippen LogP contribution < -0.4 is 5.32 Å². The molecular weight excluding hydrogens is 258 g/mol. The first kappa shape index (κ1) is 16.4. The molecular formula is C18H31N3. The molecule has 0 amide bonds. The molecule has 3 heteroatoms. The van der Waals surface area contributed by atoms with Crippen molar-refractivity contribution < 1.29 is 0 Å². The molecule has 0 radical (unpaired) electrons. The molecule has 1 fully saturated rings. The molecule has 1 N–H and O–H groups in total. The monoisotopic (exact) mass is 289 g/mol. The largest absolute Gasteiger partial charge is 0.312 e. The van der Waals surface area contributed by atoms with Crippen LogP contribution in [0.4, 0.5) is 0 Å². The van der Waals surface area contributed by atoms with Gasteiger partial charge >= 0.3 is 0 Å². The SMILES string of the molecule is CCNC1C(N(CC)Cc2ccccn2)CCCC1(C)C. The number of aromatic nitrogens is 1. The third kappa shape index (κ3) is 4.04. The van der Waals surface area contributed by atoms with Crippen molar-refractivity contribution in [3.05, 3.63) is 30.1 Å². The van der Waals surface area contributed by atoms with Crippen molar-refractivity contribution in [2.45, 2.75) is 65.6 Å². The summed E-state index contributed by atoms with van der Waals surface area (Å²) in [5.74, 6) is 0. The molecule has 1 aromatic heterocycles. The normalized spacial score (nSPS) is 25.2. The Kier molecular flexibility index (Phi) is 5.77. The third-order valence-electron chi connectivity index (χ3n) is 4.94. The van der Waals surface area contributed by atoms with Crippen molar-refractivity contribution >= 4 is 0 Å². The first-order valence-corrected chi connectivity index (χ1v) is 8.45. The molecule has 0 saturated heterocycles. The fourth-order valence-electron chi connectivity index (χ4n) is 3.80. The fourth-order valence-corrected chi connectivity index (χ4v) is 3.80. The molecule has 0 spiro atoms. The van der Waals surface area contributed by atoms with Crippen LogP contribution in [0.25, 0.3) is 0 Å². The zero-order valence-corrected chi connectivity index (χ0v) is 14.1. The van der Waals surface area contributed by atoms with Crippen LogP contribution in [0.3, 0.4) is 0 Å². The van der Waals surface area contributed by atoms with Gasteiger partial charge in [-0.1, -0.05) is 40.2 Å². The average molecular weight is 289 g/mol. The maximum Gasteiger partial charge on any atom is 0.0544 e. The van der Waals surface area contributed by atoms with E-state index in [1.54, 1.807) is 0 Å². The van der Waals surface area contributed by atoms with E-state index in [1.165, 1.54) is 25.0 Å². The van der Waals surface area contributed by atoms with Gasteiger partial charge in [0.05, 0.1) is 5.69 Å². The van der Waals surface area contributed by atoms with Gasteiger partial charge in [0.1, 0.15) is 0 Å². The van der Waals surface area contributed by atoms with Crippen molar-refractivity contribution in [2.24, 2.45) is 5.41 Å². The summed E-state index contributed by atoms with van der Waals surface area (Å²) < 4.78 is 0. The average Bonchev–Trinajstić information content (AvgIpc) is 2.48. The second-order valence-corrected chi connectivity index (χ2v) is 6.87. The minimum atomic E-state index is 0.371. The van der Waals surface area contributed by atoms with Gasteiger partial charge in [0.15, 0.2) is 0 Å². The molecule has 1 aliphatic rings. The van der Waals surface area contributed by atoms with Crippen LogP contribution in [-0.4, -0.2) is 35.1 Å². The van der Waals surface area contributed by atoms with Crippen LogP contribution in [-0.2, 0) is 6.54 Å². The number of hydrogen-bond donors (Lipinski definition) is 1. The summed E-state index contributed by atoms with van der Waals surface area (Å²) in [4.78, 5) is 7.11. The van der Waals surface area contributed by atoms with E-state index in [0.717, 1.165) is 19.6 Å². The van der Waals surface area contributed by atoms with E-state index in [1.807, 2.05) is 12.3 Å². The predicted molar refractivity (Wildman–Crippen MR) is 89.2 cm³/mol. The molecule has 2 rings (SSSR count). The smallest absolute Gasteiger partial charge is 0.0544 e. The highest BCUT2D eigenvalue weighted by molar-refractivity contribution is 5.05. The lowest BCUT2D eigenvalue weighted by molar-refractivity contribution is 0.0468. The number of rotatable bonds is 6. The third-order valence-corrected chi connectivity index (χ3v) is 4.94. The second kappa shape index (κ2) is 7.37. The van der Waals surface area contributed by atoms with E-state index < -0.39 is 0 Å². The van der Waals surface area contributed by atoms with Gasteiger partial charge in [-0.05, 0) is 43.5 Å². The van der Waals surface area contributed by atoms with E-state index in [4.69, 9.17) is 0 Å². The number of pyridine rings is 1. The molecule has 21 heavy (non-hydrogen) atoms. The lowest BCUT2D eigenvalue weighted by Crippen LogP contribution is -2.58. The number of nitrogens with one attached hydrogen (secondary N) is 1. The first-order chi connectivity index (χ1) is 10.1. The maximum atomic E-state index is 4.51. The van der Waals surface area contributed by atoms with Gasteiger partial charge in [0.25, 0.3) is 0 Å². The Balaban J connectivity index is 2.14. The van der Waals surface area contributed by atoms with Crippen LogP contribution >= 0.6 is 0 Å². The lowest BCUT2D eigenvalue weighted by Gasteiger charge is -2.48. The quantitative estimate of drug-likeness (QED) is 0.869. The molecule has 1 heterocycles. The van der Waals surface area contributed by atoms with Gasteiger partial charge in [-0.15, -0.1) is 0 Å². The van der Waals surface area contributed by atoms with E-state index in [2.05, 4.69) is 55.0 Å². The van der Waals surface area contributed by atoms with Crippen molar-refractivity contribution in [1.82, 2.24) is 15.2 Å². The molecule has 2 unspecified atom stereocenters. The first-order valence-electron chi connectivity index (χ1n) is 8.45. The fraction of sp³-hybridized carbons (Fsp3) is 0.722. The Morgan fingerprint density at radius 1 is 1.33 bits per heavy atom. The Bertz CT molecular complexity index is 416. The van der Waals surface area contributed by atoms with Gasteiger partial charge < -0.3 is 5.32 Å². The summed E-state index contributed by atoms with van der Waals surface area (Å²) in [6, 6.07) is 7.40. The van der Waals surface area contributed by atoms with Gasteiger partial charge in [0, 0.05) is 24.8 Å². The van der Waals surface area contributed by atoms with Gasteiger partial charge in [-0.2, -0.15) is 0 Å².